The molecular formula is C22H24N4O3. The first-order valence-corrected chi connectivity index (χ1v) is 9.84. The molecule has 7 nitrogen and oxygen atoms in total. The number of nitrogens with one attached hydrogen (secondary N) is 1. The van der Waals surface area contributed by atoms with Crippen LogP contribution in [0.15, 0.2) is 53.1 Å². The van der Waals surface area contributed by atoms with Crippen molar-refractivity contribution in [2.24, 2.45) is 0 Å². The number of amides is 1. The molecule has 29 heavy (non-hydrogen) atoms. The Kier molecular flexibility index (Phi) is 5.74. The van der Waals surface area contributed by atoms with Gasteiger partial charge in [-0.3, -0.25) is 4.79 Å². The van der Waals surface area contributed by atoms with Gasteiger partial charge in [0.15, 0.2) is 0 Å². The van der Waals surface area contributed by atoms with E-state index in [0.29, 0.717) is 18.1 Å². The topological polar surface area (TPSA) is 80.5 Å². The molecule has 0 atom stereocenters. The maximum absolute atomic E-state index is 12.4. The maximum atomic E-state index is 12.4. The molecule has 1 saturated heterocycles. The summed E-state index contributed by atoms with van der Waals surface area (Å²) in [5.41, 5.74) is 2.89. The van der Waals surface area contributed by atoms with Crippen LogP contribution in [0.2, 0.25) is 0 Å². The van der Waals surface area contributed by atoms with Gasteiger partial charge in [-0.2, -0.15) is 4.98 Å². The average molecular weight is 392 g/mol. The third-order valence-corrected chi connectivity index (χ3v) is 5.10. The summed E-state index contributed by atoms with van der Waals surface area (Å²) in [7, 11) is 1.60. The zero-order chi connectivity index (χ0) is 20.1. The Labute approximate surface area is 169 Å². The number of benzene rings is 2. The summed E-state index contributed by atoms with van der Waals surface area (Å²) in [4.78, 5) is 19.0. The maximum Gasteiger partial charge on any atom is 0.316 e. The molecule has 1 amide bonds. The minimum atomic E-state index is -0.417. The Balaban J connectivity index is 1.40. The van der Waals surface area contributed by atoms with Crippen molar-refractivity contribution >= 4 is 11.6 Å². The van der Waals surface area contributed by atoms with Gasteiger partial charge in [-0.25, -0.2) is 0 Å². The van der Waals surface area contributed by atoms with Crippen molar-refractivity contribution in [2.45, 2.75) is 25.8 Å². The zero-order valence-corrected chi connectivity index (χ0v) is 16.4. The number of carbonyl (C=O) groups excluding carboxylic acids is 1. The van der Waals surface area contributed by atoms with E-state index in [1.807, 2.05) is 36.4 Å². The lowest BCUT2D eigenvalue weighted by molar-refractivity contribution is 0.0906. The fourth-order valence-electron chi connectivity index (χ4n) is 3.51. The number of anilines is 1. The van der Waals surface area contributed by atoms with Crippen LogP contribution in [0.5, 0.6) is 5.75 Å². The molecule has 1 fully saturated rings. The van der Waals surface area contributed by atoms with E-state index < -0.39 is 5.91 Å². The quantitative estimate of drug-likeness (QED) is 0.689. The molecule has 4 rings (SSSR count). The van der Waals surface area contributed by atoms with Crippen molar-refractivity contribution in [1.29, 1.82) is 0 Å². The SMILES string of the molecule is COc1ccccc1CNC(=O)c1nc(-c2ccc(N3CCCCC3)cc2)no1. The number of nitrogens with zero attached hydrogens (tertiary/aromatic N) is 3. The minimum absolute atomic E-state index is 0.0602. The van der Waals surface area contributed by atoms with E-state index in [1.165, 1.54) is 24.9 Å². The van der Waals surface area contributed by atoms with Crippen LogP contribution >= 0.6 is 0 Å². The molecule has 3 aromatic rings. The Morgan fingerprint density at radius 2 is 1.86 bits per heavy atom. The fraction of sp³-hybridized carbons (Fsp3) is 0.318. The molecule has 0 saturated carbocycles. The third kappa shape index (κ3) is 4.39. The summed E-state index contributed by atoms with van der Waals surface area (Å²) in [6, 6.07) is 15.6. The summed E-state index contributed by atoms with van der Waals surface area (Å²) in [5, 5.41) is 6.74. The molecule has 7 heteroatoms. The van der Waals surface area contributed by atoms with Crippen molar-refractivity contribution in [1.82, 2.24) is 15.5 Å². The first kappa shape index (κ1) is 19.0. The van der Waals surface area contributed by atoms with E-state index in [2.05, 4.69) is 32.5 Å². The molecule has 1 N–H and O–H groups in total. The second-order valence-corrected chi connectivity index (χ2v) is 7.01. The number of ether oxygens (including phenoxy) is 1. The van der Waals surface area contributed by atoms with Crippen molar-refractivity contribution < 1.29 is 14.1 Å². The van der Waals surface area contributed by atoms with Gasteiger partial charge in [-0.1, -0.05) is 23.4 Å². The largest absolute Gasteiger partial charge is 0.496 e. The van der Waals surface area contributed by atoms with Crippen LogP contribution in [0.25, 0.3) is 11.4 Å². The molecule has 2 heterocycles. The number of aromatic nitrogens is 2. The molecule has 1 aliphatic heterocycles. The highest BCUT2D eigenvalue weighted by atomic mass is 16.5. The Bertz CT molecular complexity index is 962. The highest BCUT2D eigenvalue weighted by molar-refractivity contribution is 5.89. The van der Waals surface area contributed by atoms with Gasteiger partial charge in [-0.15, -0.1) is 0 Å². The first-order chi connectivity index (χ1) is 14.2. The van der Waals surface area contributed by atoms with Crippen molar-refractivity contribution in [3.63, 3.8) is 0 Å². The van der Waals surface area contributed by atoms with Crippen molar-refractivity contribution in [3.05, 3.63) is 60.0 Å². The first-order valence-electron chi connectivity index (χ1n) is 9.84. The number of para-hydroxylation sites is 1. The lowest BCUT2D eigenvalue weighted by Gasteiger charge is -2.28. The summed E-state index contributed by atoms with van der Waals surface area (Å²) in [6.45, 7) is 2.50. The van der Waals surface area contributed by atoms with Crippen molar-refractivity contribution in [3.8, 4) is 17.1 Å². The van der Waals surface area contributed by atoms with Crippen molar-refractivity contribution in [2.75, 3.05) is 25.1 Å². The third-order valence-electron chi connectivity index (χ3n) is 5.10. The standard InChI is InChI=1S/C22H24N4O3/c1-28-19-8-4-3-7-17(19)15-23-21(27)22-24-20(25-29-22)16-9-11-18(12-10-16)26-13-5-2-6-14-26/h3-4,7-12H,2,5-6,13-15H2,1H3,(H,23,27). The van der Waals surface area contributed by atoms with Gasteiger partial charge < -0.3 is 19.5 Å². The Morgan fingerprint density at radius 1 is 1.10 bits per heavy atom. The predicted molar refractivity (Wildman–Crippen MR) is 110 cm³/mol. The van der Waals surface area contributed by atoms with Gasteiger partial charge in [0.1, 0.15) is 5.75 Å². The summed E-state index contributed by atoms with van der Waals surface area (Å²) in [5.74, 6) is 0.639. The monoisotopic (exact) mass is 392 g/mol. The van der Waals surface area contributed by atoms with Gasteiger partial charge in [0.25, 0.3) is 0 Å². The summed E-state index contributed by atoms with van der Waals surface area (Å²) >= 11 is 0. The zero-order valence-electron chi connectivity index (χ0n) is 16.4. The van der Waals surface area contributed by atoms with E-state index >= 15 is 0 Å². The molecule has 2 aromatic carbocycles. The number of hydrogen-bond acceptors (Lipinski definition) is 6. The van der Waals surface area contributed by atoms with Gasteiger partial charge in [0.2, 0.25) is 5.82 Å². The predicted octanol–water partition coefficient (Wildman–Crippen LogP) is 3.67. The highest BCUT2D eigenvalue weighted by Crippen LogP contribution is 2.24. The number of methoxy groups -OCH3 is 1. The second-order valence-electron chi connectivity index (χ2n) is 7.01. The van der Waals surface area contributed by atoms with E-state index in [-0.39, 0.29) is 5.89 Å². The van der Waals surface area contributed by atoms with Gasteiger partial charge in [0.05, 0.1) is 7.11 Å². The fourth-order valence-corrected chi connectivity index (χ4v) is 3.51. The summed E-state index contributed by atoms with van der Waals surface area (Å²) < 4.78 is 10.5. The van der Waals surface area contributed by atoms with Gasteiger partial charge >= 0.3 is 11.8 Å². The Hall–Kier alpha value is -3.35. The number of hydrogen-bond donors (Lipinski definition) is 1. The van der Waals surface area contributed by atoms with Crippen LogP contribution in [0, 0.1) is 0 Å². The lowest BCUT2D eigenvalue weighted by Crippen LogP contribution is -2.29. The van der Waals surface area contributed by atoms with E-state index in [1.54, 1.807) is 7.11 Å². The molecule has 0 aliphatic carbocycles. The molecule has 0 bridgehead atoms. The average Bonchev–Trinajstić information content (AvgIpc) is 3.29. The number of piperidine rings is 1. The van der Waals surface area contributed by atoms with E-state index in [0.717, 1.165) is 24.2 Å². The van der Waals surface area contributed by atoms with Gasteiger partial charge in [0, 0.05) is 36.4 Å². The Morgan fingerprint density at radius 3 is 2.62 bits per heavy atom. The van der Waals surface area contributed by atoms with Gasteiger partial charge in [-0.05, 0) is 49.6 Å². The molecule has 1 aliphatic rings. The van der Waals surface area contributed by atoms with Crippen LogP contribution in [-0.2, 0) is 6.54 Å². The van der Waals surface area contributed by atoms with Crippen LogP contribution in [0.3, 0.4) is 0 Å². The molecular weight excluding hydrogens is 368 g/mol. The second kappa shape index (κ2) is 8.77. The molecule has 150 valence electrons. The van der Waals surface area contributed by atoms with Crippen LogP contribution < -0.4 is 15.0 Å². The summed E-state index contributed by atoms with van der Waals surface area (Å²) in [6.07, 6.45) is 3.78. The molecule has 0 unspecified atom stereocenters. The smallest absolute Gasteiger partial charge is 0.316 e. The molecule has 1 aromatic heterocycles. The van der Waals surface area contributed by atoms with E-state index in [9.17, 15) is 4.79 Å². The lowest BCUT2D eigenvalue weighted by atomic mass is 10.1. The molecule has 0 radical (unpaired) electrons. The number of rotatable bonds is 6. The van der Waals surface area contributed by atoms with E-state index in [4.69, 9.17) is 9.26 Å². The van der Waals surface area contributed by atoms with Crippen LogP contribution in [0.1, 0.15) is 35.5 Å². The normalized spacial score (nSPS) is 13.9. The van der Waals surface area contributed by atoms with Crippen LogP contribution in [-0.4, -0.2) is 36.2 Å². The molecule has 0 spiro atoms. The number of carbonyl (C=O) groups is 1. The van der Waals surface area contributed by atoms with Crippen LogP contribution in [0.4, 0.5) is 5.69 Å². The highest BCUT2D eigenvalue weighted by Gasteiger charge is 2.17. The minimum Gasteiger partial charge on any atom is -0.496 e.